The Morgan fingerprint density at radius 1 is 1.10 bits per heavy atom. The molecule has 0 bridgehead atoms. The van der Waals surface area contributed by atoms with Gasteiger partial charge in [0.2, 0.25) is 0 Å². The maximum atomic E-state index is 13.9. The first-order valence-electron chi connectivity index (χ1n) is 7.13. The quantitative estimate of drug-likeness (QED) is 0.728. The summed E-state index contributed by atoms with van der Waals surface area (Å²) in [6.07, 6.45) is 2.45. The Hall–Kier alpha value is -1.03. The Labute approximate surface area is 119 Å². The van der Waals surface area contributed by atoms with E-state index in [2.05, 4.69) is 26.1 Å². The molecule has 20 heavy (non-hydrogen) atoms. The van der Waals surface area contributed by atoms with Crippen molar-refractivity contribution in [2.24, 2.45) is 5.41 Å². The Morgan fingerprint density at radius 2 is 1.75 bits per heavy atom. The number of nitrogens with one attached hydrogen (secondary N) is 1. The first kappa shape index (κ1) is 17.0. The van der Waals surface area contributed by atoms with Crippen molar-refractivity contribution in [2.45, 2.75) is 53.0 Å². The fourth-order valence-corrected chi connectivity index (χ4v) is 2.07. The van der Waals surface area contributed by atoms with Crippen molar-refractivity contribution in [3.8, 4) is 0 Å². The van der Waals surface area contributed by atoms with Gasteiger partial charge in [0.25, 0.3) is 0 Å². The minimum absolute atomic E-state index is 0.112. The van der Waals surface area contributed by atoms with Crippen LogP contribution in [0.15, 0.2) is 12.1 Å². The van der Waals surface area contributed by atoms with Gasteiger partial charge in [0.05, 0.1) is 0 Å². The lowest BCUT2D eigenvalue weighted by Gasteiger charge is -2.25. The lowest BCUT2D eigenvalue weighted by molar-refractivity contribution is 0.326. The van der Waals surface area contributed by atoms with Crippen LogP contribution in [0, 0.1) is 22.9 Å². The van der Waals surface area contributed by atoms with Gasteiger partial charge in [-0.2, -0.15) is 0 Å². The molecule has 0 saturated heterocycles. The molecular weight excluding hydrogens is 263 g/mol. The van der Waals surface area contributed by atoms with E-state index in [9.17, 15) is 13.2 Å². The third-order valence-corrected chi connectivity index (χ3v) is 3.26. The molecule has 1 nitrogen and oxygen atoms in total. The second-order valence-electron chi connectivity index (χ2n) is 6.37. The van der Waals surface area contributed by atoms with Crippen molar-refractivity contribution in [3.63, 3.8) is 0 Å². The van der Waals surface area contributed by atoms with Gasteiger partial charge in [-0.3, -0.25) is 0 Å². The molecular formula is C16H24F3N. The van der Waals surface area contributed by atoms with Gasteiger partial charge < -0.3 is 5.32 Å². The van der Waals surface area contributed by atoms with Crippen molar-refractivity contribution < 1.29 is 13.2 Å². The van der Waals surface area contributed by atoms with E-state index in [0.29, 0.717) is 13.0 Å². The van der Waals surface area contributed by atoms with Gasteiger partial charge in [-0.05, 0) is 37.3 Å². The zero-order valence-electron chi connectivity index (χ0n) is 12.7. The normalized spacial score (nSPS) is 13.6. The Balaban J connectivity index is 2.95. The fourth-order valence-electron chi connectivity index (χ4n) is 2.07. The molecule has 0 amide bonds. The number of hydrogen-bond donors (Lipinski definition) is 1. The topological polar surface area (TPSA) is 12.0 Å². The highest BCUT2D eigenvalue weighted by atomic mass is 19.2. The summed E-state index contributed by atoms with van der Waals surface area (Å²) in [7, 11) is 0. The fraction of sp³-hybridized carbons (Fsp3) is 0.625. The van der Waals surface area contributed by atoms with Crippen LogP contribution in [0.25, 0.3) is 0 Å². The van der Waals surface area contributed by atoms with Crippen molar-refractivity contribution in [2.75, 3.05) is 6.54 Å². The lowest BCUT2D eigenvalue weighted by atomic mass is 9.87. The minimum atomic E-state index is -1.39. The van der Waals surface area contributed by atoms with Crippen LogP contribution >= 0.6 is 0 Å². The summed E-state index contributed by atoms with van der Waals surface area (Å²) in [5.74, 6) is -3.61. The van der Waals surface area contributed by atoms with Crippen LogP contribution < -0.4 is 5.32 Å². The van der Waals surface area contributed by atoms with Crippen LogP contribution in [-0.4, -0.2) is 6.54 Å². The SMILES string of the molecule is CCCNC(CCC(C)(C)C)c1ccc(F)c(F)c1F. The van der Waals surface area contributed by atoms with Crippen LogP contribution in [0.3, 0.4) is 0 Å². The standard InChI is InChI=1S/C16H24F3N/c1-5-10-20-13(8-9-16(2,3)4)11-6-7-12(17)15(19)14(11)18/h6-7,13,20H,5,8-10H2,1-4H3. The molecule has 0 aliphatic heterocycles. The molecule has 0 heterocycles. The first-order valence-corrected chi connectivity index (χ1v) is 7.13. The molecule has 1 atom stereocenters. The van der Waals surface area contributed by atoms with Gasteiger partial charge >= 0.3 is 0 Å². The van der Waals surface area contributed by atoms with E-state index in [0.717, 1.165) is 18.9 Å². The van der Waals surface area contributed by atoms with Gasteiger partial charge in [-0.15, -0.1) is 0 Å². The highest BCUT2D eigenvalue weighted by Crippen LogP contribution is 2.29. The van der Waals surface area contributed by atoms with Crippen LogP contribution in [0.1, 0.15) is 58.6 Å². The molecule has 1 aromatic rings. The molecule has 0 aliphatic carbocycles. The van der Waals surface area contributed by atoms with E-state index in [-0.39, 0.29) is 17.0 Å². The Kier molecular flexibility index (Phi) is 6.06. The summed E-state index contributed by atoms with van der Waals surface area (Å²) in [5.41, 5.74) is 0.322. The van der Waals surface area contributed by atoms with Crippen molar-refractivity contribution in [1.29, 1.82) is 0 Å². The zero-order valence-corrected chi connectivity index (χ0v) is 12.7. The summed E-state index contributed by atoms with van der Waals surface area (Å²) in [4.78, 5) is 0. The largest absolute Gasteiger partial charge is 0.310 e. The molecule has 114 valence electrons. The zero-order chi connectivity index (χ0) is 15.3. The molecule has 0 spiro atoms. The molecule has 4 heteroatoms. The summed E-state index contributed by atoms with van der Waals surface area (Å²) in [5, 5.41) is 3.22. The second kappa shape index (κ2) is 7.11. The second-order valence-corrected chi connectivity index (χ2v) is 6.37. The van der Waals surface area contributed by atoms with Crippen LogP contribution in [0.5, 0.6) is 0 Å². The lowest BCUT2D eigenvalue weighted by Crippen LogP contribution is -2.25. The maximum absolute atomic E-state index is 13.9. The summed E-state index contributed by atoms with van der Waals surface area (Å²) in [6.45, 7) is 9.03. The number of benzene rings is 1. The molecule has 0 fully saturated rings. The monoisotopic (exact) mass is 287 g/mol. The van der Waals surface area contributed by atoms with E-state index in [4.69, 9.17) is 0 Å². The van der Waals surface area contributed by atoms with Crippen LogP contribution in [0.4, 0.5) is 13.2 Å². The molecule has 1 N–H and O–H groups in total. The van der Waals surface area contributed by atoms with Gasteiger partial charge in [0.1, 0.15) is 0 Å². The molecule has 1 rings (SSSR count). The molecule has 1 aromatic carbocycles. The van der Waals surface area contributed by atoms with Crippen molar-refractivity contribution >= 4 is 0 Å². The van der Waals surface area contributed by atoms with Crippen molar-refractivity contribution in [3.05, 3.63) is 35.1 Å². The highest BCUT2D eigenvalue weighted by Gasteiger charge is 2.22. The predicted octanol–water partition coefficient (Wildman–Crippen LogP) is 4.97. The van der Waals surface area contributed by atoms with Gasteiger partial charge in [0, 0.05) is 11.6 Å². The molecule has 0 saturated carbocycles. The number of hydrogen-bond acceptors (Lipinski definition) is 1. The van der Waals surface area contributed by atoms with E-state index in [1.54, 1.807) is 0 Å². The summed E-state index contributed by atoms with van der Waals surface area (Å²) in [6, 6.07) is 2.04. The number of rotatable bonds is 6. The molecule has 0 aromatic heterocycles. The highest BCUT2D eigenvalue weighted by molar-refractivity contribution is 5.23. The average molecular weight is 287 g/mol. The van der Waals surface area contributed by atoms with Gasteiger partial charge in [-0.1, -0.05) is 33.8 Å². The van der Waals surface area contributed by atoms with E-state index >= 15 is 0 Å². The van der Waals surface area contributed by atoms with E-state index in [1.165, 1.54) is 6.07 Å². The first-order chi connectivity index (χ1) is 9.26. The molecule has 1 unspecified atom stereocenters. The Morgan fingerprint density at radius 3 is 2.30 bits per heavy atom. The van der Waals surface area contributed by atoms with Gasteiger partial charge in [-0.25, -0.2) is 13.2 Å². The summed E-state index contributed by atoms with van der Waals surface area (Å²) >= 11 is 0. The molecule has 0 aliphatic rings. The van der Waals surface area contributed by atoms with Crippen LogP contribution in [-0.2, 0) is 0 Å². The van der Waals surface area contributed by atoms with Crippen molar-refractivity contribution in [1.82, 2.24) is 5.32 Å². The van der Waals surface area contributed by atoms with Crippen LogP contribution in [0.2, 0.25) is 0 Å². The minimum Gasteiger partial charge on any atom is -0.310 e. The smallest absolute Gasteiger partial charge is 0.194 e. The number of halogens is 3. The van der Waals surface area contributed by atoms with E-state index in [1.807, 2.05) is 6.92 Å². The molecule has 0 radical (unpaired) electrons. The predicted molar refractivity (Wildman–Crippen MR) is 76.0 cm³/mol. The third-order valence-electron chi connectivity index (χ3n) is 3.26. The third kappa shape index (κ3) is 4.82. The van der Waals surface area contributed by atoms with Gasteiger partial charge in [0.15, 0.2) is 17.5 Å². The maximum Gasteiger partial charge on any atom is 0.194 e. The Bertz CT molecular complexity index is 438. The summed E-state index contributed by atoms with van der Waals surface area (Å²) < 4.78 is 40.3. The average Bonchev–Trinajstić information content (AvgIpc) is 2.36. The van der Waals surface area contributed by atoms with E-state index < -0.39 is 17.5 Å².